The summed E-state index contributed by atoms with van der Waals surface area (Å²) in [5.41, 5.74) is 2.42. The van der Waals surface area contributed by atoms with Crippen molar-refractivity contribution in [3.05, 3.63) is 40.2 Å². The van der Waals surface area contributed by atoms with E-state index in [1.165, 1.54) is 28.4 Å². The molecular formula is C25H31NO8. The highest BCUT2D eigenvalue weighted by Crippen LogP contribution is 2.48. The second-order valence-corrected chi connectivity index (χ2v) is 8.21. The molecule has 0 fully saturated rings. The molecule has 2 aliphatic rings. The van der Waals surface area contributed by atoms with Crippen molar-refractivity contribution >= 4 is 17.7 Å². The molecule has 1 aromatic rings. The highest BCUT2D eigenvalue weighted by atomic mass is 16.5. The van der Waals surface area contributed by atoms with E-state index in [1.807, 2.05) is 6.92 Å². The maximum Gasteiger partial charge on any atom is 0.336 e. The van der Waals surface area contributed by atoms with Crippen LogP contribution in [0, 0.1) is 11.8 Å². The molecule has 9 nitrogen and oxygen atoms in total. The average molecular weight is 474 g/mol. The van der Waals surface area contributed by atoms with Gasteiger partial charge in [-0.15, -0.1) is 0 Å². The van der Waals surface area contributed by atoms with Gasteiger partial charge in [-0.1, -0.05) is 6.92 Å². The number of dihydropyridines is 1. The number of Topliss-reactive ketones (excluding diaryl/α,β-unsaturated/α-hetero) is 1. The van der Waals surface area contributed by atoms with Gasteiger partial charge in [-0.25, -0.2) is 4.79 Å². The topological polar surface area (TPSA) is 109 Å². The molecule has 1 aromatic carbocycles. The summed E-state index contributed by atoms with van der Waals surface area (Å²) < 4.78 is 26.7. The van der Waals surface area contributed by atoms with Crippen LogP contribution in [-0.2, 0) is 23.9 Å². The largest absolute Gasteiger partial charge is 0.493 e. The van der Waals surface area contributed by atoms with Crippen molar-refractivity contribution in [2.45, 2.75) is 33.1 Å². The number of hydrogen-bond donors (Lipinski definition) is 1. The molecular weight excluding hydrogens is 442 g/mol. The van der Waals surface area contributed by atoms with Gasteiger partial charge in [-0.2, -0.15) is 0 Å². The van der Waals surface area contributed by atoms with Gasteiger partial charge in [0.05, 0.1) is 40.6 Å². The minimum Gasteiger partial charge on any atom is -0.493 e. The van der Waals surface area contributed by atoms with Crippen molar-refractivity contribution in [3.8, 4) is 17.2 Å². The summed E-state index contributed by atoms with van der Waals surface area (Å²) in [6.45, 7) is 5.48. The summed E-state index contributed by atoms with van der Waals surface area (Å²) in [5, 5.41) is 3.22. The Labute approximate surface area is 199 Å². The lowest BCUT2D eigenvalue weighted by atomic mass is 9.69. The average Bonchev–Trinajstić information content (AvgIpc) is 2.81. The summed E-state index contributed by atoms with van der Waals surface area (Å²) in [6.07, 6.45) is 0.440. The number of ether oxygens (including phenoxy) is 5. The number of methoxy groups -OCH3 is 4. The highest BCUT2D eigenvalue weighted by Gasteiger charge is 2.47. The summed E-state index contributed by atoms with van der Waals surface area (Å²) in [4.78, 5) is 39.4. The fourth-order valence-corrected chi connectivity index (χ4v) is 4.76. The Morgan fingerprint density at radius 2 is 1.68 bits per heavy atom. The van der Waals surface area contributed by atoms with E-state index in [2.05, 4.69) is 5.32 Å². The summed E-state index contributed by atoms with van der Waals surface area (Å²) in [5.74, 6) is -2.47. The van der Waals surface area contributed by atoms with Crippen molar-refractivity contribution < 1.29 is 38.1 Å². The second-order valence-electron chi connectivity index (χ2n) is 8.21. The monoisotopic (exact) mass is 473 g/mol. The third-order valence-corrected chi connectivity index (χ3v) is 6.26. The first kappa shape index (κ1) is 25.1. The smallest absolute Gasteiger partial charge is 0.336 e. The molecule has 0 spiro atoms. The molecule has 34 heavy (non-hydrogen) atoms. The van der Waals surface area contributed by atoms with Crippen molar-refractivity contribution in [3.63, 3.8) is 0 Å². The molecule has 0 amide bonds. The Hall–Kier alpha value is -3.49. The number of ketones is 1. The summed E-state index contributed by atoms with van der Waals surface area (Å²) in [7, 11) is 5.73. The predicted molar refractivity (Wildman–Crippen MR) is 123 cm³/mol. The Morgan fingerprint density at radius 1 is 1.06 bits per heavy atom. The van der Waals surface area contributed by atoms with Crippen LogP contribution in [0.2, 0.25) is 0 Å². The maximum atomic E-state index is 13.8. The van der Waals surface area contributed by atoms with Crippen LogP contribution in [-0.4, -0.2) is 52.8 Å². The third kappa shape index (κ3) is 4.22. The lowest BCUT2D eigenvalue weighted by Gasteiger charge is -2.38. The highest BCUT2D eigenvalue weighted by molar-refractivity contribution is 6.12. The first-order chi connectivity index (χ1) is 16.2. The van der Waals surface area contributed by atoms with Crippen LogP contribution < -0.4 is 19.5 Å². The molecule has 3 atom stereocenters. The minimum atomic E-state index is -0.975. The number of hydrogen-bond acceptors (Lipinski definition) is 9. The van der Waals surface area contributed by atoms with Gasteiger partial charge < -0.3 is 29.0 Å². The number of rotatable bonds is 7. The quantitative estimate of drug-likeness (QED) is 0.472. The van der Waals surface area contributed by atoms with E-state index >= 15 is 0 Å². The molecule has 0 saturated carbocycles. The molecule has 0 aromatic heterocycles. The zero-order chi connectivity index (χ0) is 25.2. The molecule has 0 saturated heterocycles. The van der Waals surface area contributed by atoms with E-state index < -0.39 is 23.8 Å². The molecule has 1 N–H and O–H groups in total. The first-order valence-electron chi connectivity index (χ1n) is 11.0. The van der Waals surface area contributed by atoms with Crippen molar-refractivity contribution in [2.75, 3.05) is 35.0 Å². The van der Waals surface area contributed by atoms with Gasteiger partial charge in [-0.3, -0.25) is 9.59 Å². The van der Waals surface area contributed by atoms with E-state index in [-0.39, 0.29) is 23.9 Å². The van der Waals surface area contributed by atoms with Crippen LogP contribution in [0.1, 0.15) is 38.7 Å². The zero-order valence-electron chi connectivity index (χ0n) is 20.6. The summed E-state index contributed by atoms with van der Waals surface area (Å²) in [6, 6.07) is 3.40. The standard InChI is InChI=1S/C25H31NO8/c1-8-34-25(29)19-13(3)26-15-9-12(2)18(24(28)33-7)22(27)21(15)20(19)14-10-16(30-4)23(32-6)17(11-14)31-5/h10-12,18,20,26H,8-9H2,1-7H3/t12-,18+,20+/m1/s1. The molecule has 0 unspecified atom stereocenters. The predicted octanol–water partition coefficient (Wildman–Crippen LogP) is 2.89. The van der Waals surface area contributed by atoms with Crippen LogP contribution in [0.3, 0.4) is 0 Å². The van der Waals surface area contributed by atoms with Gasteiger partial charge in [0, 0.05) is 22.9 Å². The van der Waals surface area contributed by atoms with Gasteiger partial charge in [0.15, 0.2) is 17.3 Å². The van der Waals surface area contributed by atoms with Gasteiger partial charge in [0.2, 0.25) is 5.75 Å². The van der Waals surface area contributed by atoms with Gasteiger partial charge in [0.1, 0.15) is 5.92 Å². The van der Waals surface area contributed by atoms with Gasteiger partial charge in [0.25, 0.3) is 0 Å². The molecule has 0 bridgehead atoms. The SMILES string of the molecule is CCOC(=O)C1=C(C)NC2=C(C(=O)[C@@H](C(=O)OC)[C@H](C)C2)[C@H]1c1cc(OC)c(OC)c(OC)c1. The number of allylic oxidation sites excluding steroid dienone is 3. The van der Waals surface area contributed by atoms with Crippen molar-refractivity contribution in [2.24, 2.45) is 11.8 Å². The van der Waals surface area contributed by atoms with E-state index in [0.717, 1.165) is 0 Å². The molecule has 184 valence electrons. The lowest BCUT2D eigenvalue weighted by molar-refractivity contribution is -0.151. The second kappa shape index (κ2) is 10.2. The molecule has 1 heterocycles. The van der Waals surface area contributed by atoms with Crippen molar-refractivity contribution in [1.82, 2.24) is 5.32 Å². The third-order valence-electron chi connectivity index (χ3n) is 6.26. The lowest BCUT2D eigenvalue weighted by Crippen LogP contribution is -2.43. The van der Waals surface area contributed by atoms with Crippen LogP contribution in [0.15, 0.2) is 34.7 Å². The van der Waals surface area contributed by atoms with E-state index in [4.69, 9.17) is 23.7 Å². The molecule has 3 rings (SSSR count). The van der Waals surface area contributed by atoms with Crippen LogP contribution in [0.25, 0.3) is 0 Å². The summed E-state index contributed by atoms with van der Waals surface area (Å²) >= 11 is 0. The number of carbonyl (C=O) groups excluding carboxylic acids is 3. The molecule has 1 aliphatic carbocycles. The van der Waals surface area contributed by atoms with Crippen LogP contribution >= 0.6 is 0 Å². The van der Waals surface area contributed by atoms with E-state index in [0.29, 0.717) is 46.2 Å². The van der Waals surface area contributed by atoms with E-state index in [1.54, 1.807) is 26.0 Å². The number of carbonyl (C=O) groups is 3. The van der Waals surface area contributed by atoms with Gasteiger partial charge >= 0.3 is 11.9 Å². The fourth-order valence-electron chi connectivity index (χ4n) is 4.76. The fraction of sp³-hybridized carbons (Fsp3) is 0.480. The first-order valence-corrected chi connectivity index (χ1v) is 11.0. The van der Waals surface area contributed by atoms with Crippen molar-refractivity contribution in [1.29, 1.82) is 0 Å². The Balaban J connectivity index is 2.29. The Kier molecular flexibility index (Phi) is 7.54. The van der Waals surface area contributed by atoms with Gasteiger partial charge in [-0.05, 0) is 43.9 Å². The molecule has 1 aliphatic heterocycles. The Bertz CT molecular complexity index is 1050. The number of nitrogens with one attached hydrogen (secondary N) is 1. The van der Waals surface area contributed by atoms with E-state index in [9.17, 15) is 14.4 Å². The van der Waals surface area contributed by atoms with Crippen LogP contribution in [0.4, 0.5) is 0 Å². The normalized spacial score (nSPS) is 22.0. The minimum absolute atomic E-state index is 0.166. The maximum absolute atomic E-state index is 13.8. The van der Waals surface area contributed by atoms with Crippen LogP contribution in [0.5, 0.6) is 17.2 Å². The number of esters is 2. The molecule has 0 radical (unpaired) electrons. The zero-order valence-corrected chi connectivity index (χ0v) is 20.6. The Morgan fingerprint density at radius 3 is 2.18 bits per heavy atom. The number of benzene rings is 1. The molecule has 9 heteroatoms.